The zero-order valence-corrected chi connectivity index (χ0v) is 13.9. The Morgan fingerprint density at radius 3 is 3.08 bits per heavy atom. The molecule has 1 aliphatic heterocycles. The van der Waals surface area contributed by atoms with Crippen LogP contribution in [0.15, 0.2) is 22.9 Å². The molecular weight excluding hydrogens is 332 g/mol. The molecule has 2 aromatic heterocycles. The van der Waals surface area contributed by atoms with Gasteiger partial charge in [0.1, 0.15) is 5.82 Å². The van der Waals surface area contributed by atoms with Crippen molar-refractivity contribution in [2.75, 3.05) is 18.4 Å². The summed E-state index contributed by atoms with van der Waals surface area (Å²) >= 11 is 5.80. The van der Waals surface area contributed by atoms with Crippen LogP contribution < -0.4 is 11.1 Å². The second kappa shape index (κ2) is 7.69. The highest BCUT2D eigenvalue weighted by atomic mass is 35.5. The Bertz CT molecular complexity index is 690. The molecule has 8 nitrogen and oxygen atoms in total. The first kappa shape index (κ1) is 16.8. The van der Waals surface area contributed by atoms with Crippen LogP contribution in [0.1, 0.15) is 24.6 Å². The Morgan fingerprint density at radius 2 is 2.38 bits per heavy atom. The molecule has 3 N–H and O–H groups in total. The lowest BCUT2D eigenvalue weighted by Crippen LogP contribution is -2.40. The van der Waals surface area contributed by atoms with Crippen LogP contribution in [-0.2, 0) is 17.9 Å². The maximum absolute atomic E-state index is 12.4. The summed E-state index contributed by atoms with van der Waals surface area (Å²) in [6.45, 7) is 2.32. The van der Waals surface area contributed by atoms with E-state index in [0.717, 1.165) is 19.4 Å². The summed E-state index contributed by atoms with van der Waals surface area (Å²) in [6, 6.07) is 3.39. The number of rotatable bonds is 5. The number of nitrogens with two attached hydrogens (primary N) is 1. The molecule has 0 radical (unpaired) electrons. The average Bonchev–Trinajstić information content (AvgIpc) is 3.05. The molecule has 0 spiro atoms. The van der Waals surface area contributed by atoms with Gasteiger partial charge in [-0.3, -0.25) is 9.69 Å². The van der Waals surface area contributed by atoms with E-state index < -0.39 is 0 Å². The Balaban J connectivity index is 1.56. The molecule has 0 bridgehead atoms. The van der Waals surface area contributed by atoms with Crippen molar-refractivity contribution in [3.63, 3.8) is 0 Å². The average molecular weight is 351 g/mol. The van der Waals surface area contributed by atoms with E-state index in [0.29, 0.717) is 35.6 Å². The number of hydrogen-bond acceptors (Lipinski definition) is 7. The monoisotopic (exact) mass is 350 g/mol. The first-order valence-electron chi connectivity index (χ1n) is 7.80. The Kier molecular flexibility index (Phi) is 5.39. The third-order valence-electron chi connectivity index (χ3n) is 3.90. The molecule has 1 saturated heterocycles. The zero-order valence-electron chi connectivity index (χ0n) is 13.1. The fourth-order valence-corrected chi connectivity index (χ4v) is 2.84. The molecule has 1 atom stereocenters. The minimum absolute atomic E-state index is 0.0368. The third kappa shape index (κ3) is 4.28. The smallest absolute Gasteiger partial charge is 0.240 e. The van der Waals surface area contributed by atoms with Gasteiger partial charge in [0.2, 0.25) is 11.8 Å². The van der Waals surface area contributed by atoms with Gasteiger partial charge in [-0.05, 0) is 31.5 Å². The molecule has 1 amide bonds. The number of hydrogen-bond donors (Lipinski definition) is 2. The Labute approximate surface area is 144 Å². The zero-order chi connectivity index (χ0) is 16.9. The molecular formula is C15H19ClN6O2. The molecule has 9 heteroatoms. The van der Waals surface area contributed by atoms with E-state index in [1.54, 1.807) is 12.1 Å². The number of likely N-dealkylation sites (tertiary alicyclic amines) is 1. The number of anilines is 1. The van der Waals surface area contributed by atoms with Crippen molar-refractivity contribution in [3.8, 4) is 0 Å². The fraction of sp³-hybridized carbons (Fsp3) is 0.467. The van der Waals surface area contributed by atoms with Crippen molar-refractivity contribution >= 4 is 23.3 Å². The molecule has 0 aliphatic carbocycles. The highest BCUT2D eigenvalue weighted by molar-refractivity contribution is 6.30. The van der Waals surface area contributed by atoms with Crippen LogP contribution >= 0.6 is 11.6 Å². The Hall–Kier alpha value is -2.03. The van der Waals surface area contributed by atoms with Gasteiger partial charge in [-0.1, -0.05) is 16.8 Å². The van der Waals surface area contributed by atoms with Gasteiger partial charge in [0.25, 0.3) is 0 Å². The predicted octanol–water partition coefficient (Wildman–Crippen LogP) is 1.43. The number of halogens is 1. The second-order valence-electron chi connectivity index (χ2n) is 5.73. The number of carbonyl (C=O) groups excluding carboxylic acids is 1. The first-order valence-corrected chi connectivity index (χ1v) is 8.18. The number of nitrogens with one attached hydrogen (secondary N) is 1. The highest BCUT2D eigenvalue weighted by Gasteiger charge is 2.27. The number of aromatic nitrogens is 3. The highest BCUT2D eigenvalue weighted by Crippen LogP contribution is 2.20. The summed E-state index contributed by atoms with van der Waals surface area (Å²) in [5, 5.41) is 7.27. The van der Waals surface area contributed by atoms with E-state index in [2.05, 4.69) is 25.3 Å². The molecule has 1 unspecified atom stereocenters. The van der Waals surface area contributed by atoms with Gasteiger partial charge < -0.3 is 15.6 Å². The summed E-state index contributed by atoms with van der Waals surface area (Å²) < 4.78 is 5.01. The van der Waals surface area contributed by atoms with Crippen molar-refractivity contribution in [1.82, 2.24) is 20.0 Å². The molecule has 1 fully saturated rings. The topological polar surface area (TPSA) is 110 Å². The van der Waals surface area contributed by atoms with E-state index in [-0.39, 0.29) is 18.4 Å². The van der Waals surface area contributed by atoms with Crippen LogP contribution in [0.3, 0.4) is 0 Å². The van der Waals surface area contributed by atoms with E-state index in [9.17, 15) is 4.79 Å². The normalized spacial score (nSPS) is 18.5. The lowest BCUT2D eigenvalue weighted by Gasteiger charge is -2.30. The van der Waals surface area contributed by atoms with Crippen molar-refractivity contribution in [3.05, 3.63) is 35.1 Å². The third-order valence-corrected chi connectivity index (χ3v) is 4.13. The van der Waals surface area contributed by atoms with Crippen LogP contribution in [0.5, 0.6) is 0 Å². The summed E-state index contributed by atoms with van der Waals surface area (Å²) in [5.41, 5.74) is 5.46. The van der Waals surface area contributed by atoms with Crippen LogP contribution in [0.2, 0.25) is 5.02 Å². The fourth-order valence-electron chi connectivity index (χ4n) is 2.73. The molecule has 24 heavy (non-hydrogen) atoms. The standard InChI is InChI=1S/C15H19ClN6O2/c16-11-3-4-12(18-7-11)20-15(23)10-2-1-5-22(8-10)9-13-19-14(6-17)24-21-13/h3-4,7,10H,1-2,5-6,8-9,17H2,(H,18,20,23). The van der Waals surface area contributed by atoms with Gasteiger partial charge >= 0.3 is 0 Å². The number of amides is 1. The first-order chi connectivity index (χ1) is 11.6. The van der Waals surface area contributed by atoms with Gasteiger partial charge in [0, 0.05) is 12.7 Å². The molecule has 3 rings (SSSR count). The van der Waals surface area contributed by atoms with Gasteiger partial charge in [-0.15, -0.1) is 0 Å². The SMILES string of the molecule is NCc1nc(CN2CCCC(C(=O)Nc3ccc(Cl)cn3)C2)no1. The minimum Gasteiger partial charge on any atom is -0.338 e. The number of piperidine rings is 1. The van der Waals surface area contributed by atoms with E-state index in [1.165, 1.54) is 6.20 Å². The summed E-state index contributed by atoms with van der Waals surface area (Å²) in [5.74, 6) is 1.38. The number of nitrogens with zero attached hydrogens (tertiary/aromatic N) is 4. The largest absolute Gasteiger partial charge is 0.338 e. The summed E-state index contributed by atoms with van der Waals surface area (Å²) in [6.07, 6.45) is 3.29. The van der Waals surface area contributed by atoms with E-state index in [4.69, 9.17) is 21.9 Å². The van der Waals surface area contributed by atoms with Crippen LogP contribution in [-0.4, -0.2) is 39.0 Å². The molecule has 3 heterocycles. The van der Waals surface area contributed by atoms with Gasteiger partial charge in [-0.25, -0.2) is 4.98 Å². The van der Waals surface area contributed by atoms with Gasteiger partial charge in [0.15, 0.2) is 5.82 Å². The van der Waals surface area contributed by atoms with Crippen LogP contribution in [0, 0.1) is 5.92 Å². The second-order valence-corrected chi connectivity index (χ2v) is 6.17. The number of carbonyl (C=O) groups is 1. The molecule has 0 aromatic carbocycles. The molecule has 1 aliphatic rings. The molecule has 0 saturated carbocycles. The van der Waals surface area contributed by atoms with Gasteiger partial charge in [0.05, 0.1) is 24.0 Å². The molecule has 2 aromatic rings. The maximum Gasteiger partial charge on any atom is 0.240 e. The molecule has 128 valence electrons. The van der Waals surface area contributed by atoms with Crippen molar-refractivity contribution in [2.24, 2.45) is 11.7 Å². The predicted molar refractivity (Wildman–Crippen MR) is 88.1 cm³/mol. The maximum atomic E-state index is 12.4. The van der Waals surface area contributed by atoms with Crippen molar-refractivity contribution in [2.45, 2.75) is 25.9 Å². The van der Waals surface area contributed by atoms with E-state index >= 15 is 0 Å². The number of pyridine rings is 1. The Morgan fingerprint density at radius 1 is 1.50 bits per heavy atom. The van der Waals surface area contributed by atoms with Gasteiger partial charge in [-0.2, -0.15) is 4.98 Å². The van der Waals surface area contributed by atoms with Crippen molar-refractivity contribution in [1.29, 1.82) is 0 Å². The lowest BCUT2D eigenvalue weighted by molar-refractivity contribution is -0.121. The summed E-state index contributed by atoms with van der Waals surface area (Å²) in [4.78, 5) is 22.9. The van der Waals surface area contributed by atoms with Crippen LogP contribution in [0.4, 0.5) is 5.82 Å². The van der Waals surface area contributed by atoms with E-state index in [1.807, 2.05) is 0 Å². The summed E-state index contributed by atoms with van der Waals surface area (Å²) in [7, 11) is 0. The minimum atomic E-state index is -0.0999. The quantitative estimate of drug-likeness (QED) is 0.839. The lowest BCUT2D eigenvalue weighted by atomic mass is 9.97. The van der Waals surface area contributed by atoms with Crippen LogP contribution in [0.25, 0.3) is 0 Å². The van der Waals surface area contributed by atoms with Crippen molar-refractivity contribution < 1.29 is 9.32 Å².